The molecule has 2 rings (SSSR count). The van der Waals surface area contributed by atoms with Gasteiger partial charge in [0.1, 0.15) is 5.92 Å². The summed E-state index contributed by atoms with van der Waals surface area (Å²) in [4.78, 5) is 35.5. The molecule has 0 aromatic rings. The second kappa shape index (κ2) is 3.79. The van der Waals surface area contributed by atoms with E-state index in [9.17, 15) is 14.4 Å². The van der Waals surface area contributed by atoms with Crippen LogP contribution >= 0.6 is 0 Å². The van der Waals surface area contributed by atoms with Gasteiger partial charge in [-0.25, -0.2) is 0 Å². The highest BCUT2D eigenvalue weighted by molar-refractivity contribution is 6.18. The Hall–Kier alpha value is -1.45. The summed E-state index contributed by atoms with van der Waals surface area (Å²) >= 11 is 0. The Balaban J connectivity index is 2.41. The van der Waals surface area contributed by atoms with Crippen molar-refractivity contribution >= 4 is 17.5 Å². The zero-order chi connectivity index (χ0) is 12.8. The van der Waals surface area contributed by atoms with Crippen LogP contribution in [0.15, 0.2) is 11.1 Å². The molecule has 17 heavy (non-hydrogen) atoms. The van der Waals surface area contributed by atoms with Crippen molar-refractivity contribution in [2.24, 2.45) is 11.3 Å². The summed E-state index contributed by atoms with van der Waals surface area (Å²) in [5.41, 5.74) is 0.814. The molecule has 4 nitrogen and oxygen atoms in total. The Morgan fingerprint density at radius 3 is 2.53 bits per heavy atom. The highest BCUT2D eigenvalue weighted by Gasteiger charge is 2.48. The van der Waals surface area contributed by atoms with E-state index in [-0.39, 0.29) is 23.4 Å². The van der Waals surface area contributed by atoms with E-state index >= 15 is 0 Å². The van der Waals surface area contributed by atoms with Gasteiger partial charge < -0.3 is 4.74 Å². The summed E-state index contributed by atoms with van der Waals surface area (Å²) in [7, 11) is 1.26. The molecule has 0 radical (unpaired) electrons. The molecule has 4 heteroatoms. The van der Waals surface area contributed by atoms with Crippen LogP contribution in [0.5, 0.6) is 0 Å². The van der Waals surface area contributed by atoms with Crippen LogP contribution in [-0.4, -0.2) is 24.6 Å². The van der Waals surface area contributed by atoms with E-state index in [4.69, 9.17) is 0 Å². The third-order valence-electron chi connectivity index (χ3n) is 3.75. The fraction of sp³-hybridized carbons (Fsp3) is 0.615. The predicted octanol–water partition coefficient (Wildman–Crippen LogP) is 1.43. The van der Waals surface area contributed by atoms with Crippen molar-refractivity contribution in [3.05, 3.63) is 11.1 Å². The third kappa shape index (κ3) is 1.72. The Labute approximate surface area is 100 Å². The molecular formula is C13H16O4. The van der Waals surface area contributed by atoms with Gasteiger partial charge in [0.25, 0.3) is 0 Å². The molecule has 0 fully saturated rings. The van der Waals surface area contributed by atoms with Crippen LogP contribution in [0.3, 0.4) is 0 Å². The number of rotatable bonds is 1. The van der Waals surface area contributed by atoms with Gasteiger partial charge in [-0.15, -0.1) is 0 Å². The predicted molar refractivity (Wildman–Crippen MR) is 60.2 cm³/mol. The van der Waals surface area contributed by atoms with Crippen LogP contribution in [0.2, 0.25) is 0 Å². The maximum Gasteiger partial charge on any atom is 0.316 e. The molecule has 1 unspecified atom stereocenters. The molecule has 0 amide bonds. The lowest BCUT2D eigenvalue weighted by molar-refractivity contribution is -0.148. The lowest BCUT2D eigenvalue weighted by atomic mass is 9.72. The first-order valence-corrected chi connectivity index (χ1v) is 5.77. The van der Waals surface area contributed by atoms with Gasteiger partial charge in [-0.2, -0.15) is 0 Å². The van der Waals surface area contributed by atoms with Crippen molar-refractivity contribution in [3.8, 4) is 0 Å². The Kier molecular flexibility index (Phi) is 2.68. The quantitative estimate of drug-likeness (QED) is 0.510. The first kappa shape index (κ1) is 12.0. The summed E-state index contributed by atoms with van der Waals surface area (Å²) in [6.45, 7) is 3.90. The van der Waals surface area contributed by atoms with Gasteiger partial charge in [0.2, 0.25) is 0 Å². The molecule has 0 N–H and O–H groups in total. The molecule has 0 saturated carbocycles. The first-order valence-electron chi connectivity index (χ1n) is 5.77. The largest absolute Gasteiger partial charge is 0.468 e. The number of carbonyl (C=O) groups excluding carboxylic acids is 3. The molecule has 0 aromatic carbocycles. The topological polar surface area (TPSA) is 60.4 Å². The normalized spacial score (nSPS) is 27.1. The van der Waals surface area contributed by atoms with Crippen molar-refractivity contribution < 1.29 is 19.1 Å². The van der Waals surface area contributed by atoms with E-state index < -0.39 is 11.9 Å². The Morgan fingerprint density at radius 2 is 2.00 bits per heavy atom. The maximum atomic E-state index is 12.2. The summed E-state index contributed by atoms with van der Waals surface area (Å²) in [5, 5.41) is 0. The molecule has 1 atom stereocenters. The summed E-state index contributed by atoms with van der Waals surface area (Å²) in [5.74, 6) is -1.54. The molecule has 0 bridgehead atoms. The van der Waals surface area contributed by atoms with E-state index in [0.717, 1.165) is 0 Å². The van der Waals surface area contributed by atoms with E-state index in [1.54, 1.807) is 0 Å². The molecule has 2 aliphatic carbocycles. The fourth-order valence-corrected chi connectivity index (χ4v) is 2.75. The van der Waals surface area contributed by atoms with Gasteiger partial charge in [0.15, 0.2) is 11.6 Å². The minimum atomic E-state index is -0.800. The highest BCUT2D eigenvalue weighted by atomic mass is 16.5. The summed E-state index contributed by atoms with van der Waals surface area (Å²) in [6, 6.07) is 0. The van der Waals surface area contributed by atoms with Gasteiger partial charge in [-0.3, -0.25) is 14.4 Å². The fourth-order valence-electron chi connectivity index (χ4n) is 2.75. The van der Waals surface area contributed by atoms with E-state index in [2.05, 4.69) is 4.74 Å². The number of allylic oxidation sites excluding steroid dienone is 2. The number of carbonyl (C=O) groups is 3. The van der Waals surface area contributed by atoms with Crippen molar-refractivity contribution in [1.82, 2.24) is 0 Å². The monoisotopic (exact) mass is 236 g/mol. The number of Topliss-reactive ketones (excluding diaryl/α,β-unsaturated/α-hetero) is 2. The molecule has 0 heterocycles. The van der Waals surface area contributed by atoms with Gasteiger partial charge in [0, 0.05) is 17.6 Å². The first-order chi connectivity index (χ1) is 7.88. The van der Waals surface area contributed by atoms with Gasteiger partial charge in [-0.1, -0.05) is 13.8 Å². The minimum absolute atomic E-state index is 0.0130. The van der Waals surface area contributed by atoms with Crippen LogP contribution in [0.4, 0.5) is 0 Å². The Morgan fingerprint density at radius 1 is 1.35 bits per heavy atom. The number of ketones is 2. The van der Waals surface area contributed by atoms with Gasteiger partial charge >= 0.3 is 5.97 Å². The van der Waals surface area contributed by atoms with Crippen molar-refractivity contribution in [1.29, 1.82) is 0 Å². The van der Waals surface area contributed by atoms with Crippen molar-refractivity contribution in [2.75, 3.05) is 7.11 Å². The van der Waals surface area contributed by atoms with Gasteiger partial charge in [0.05, 0.1) is 7.11 Å². The van der Waals surface area contributed by atoms with E-state index in [1.165, 1.54) is 7.11 Å². The third-order valence-corrected chi connectivity index (χ3v) is 3.75. The minimum Gasteiger partial charge on any atom is -0.468 e. The second-order valence-corrected chi connectivity index (χ2v) is 5.30. The summed E-state index contributed by atoms with van der Waals surface area (Å²) < 4.78 is 4.62. The van der Waals surface area contributed by atoms with Crippen LogP contribution in [-0.2, 0) is 19.1 Å². The lowest BCUT2D eigenvalue weighted by Gasteiger charge is -2.30. The molecular weight excluding hydrogens is 220 g/mol. The second-order valence-electron chi connectivity index (χ2n) is 5.30. The maximum absolute atomic E-state index is 12.2. The zero-order valence-corrected chi connectivity index (χ0v) is 10.3. The van der Waals surface area contributed by atoms with Crippen molar-refractivity contribution in [2.45, 2.75) is 33.1 Å². The van der Waals surface area contributed by atoms with Crippen LogP contribution in [0, 0.1) is 11.3 Å². The number of ether oxygens (including phenoxy) is 1. The van der Waals surface area contributed by atoms with Crippen molar-refractivity contribution in [3.63, 3.8) is 0 Å². The number of esters is 1. The lowest BCUT2D eigenvalue weighted by Crippen LogP contribution is -2.29. The molecule has 2 aliphatic rings. The number of methoxy groups -OCH3 is 1. The molecule has 0 spiro atoms. The number of hydrogen-bond acceptors (Lipinski definition) is 4. The van der Waals surface area contributed by atoms with Crippen LogP contribution in [0.1, 0.15) is 33.1 Å². The summed E-state index contributed by atoms with van der Waals surface area (Å²) in [6.07, 6.45) is 1.36. The average molecular weight is 236 g/mol. The zero-order valence-electron chi connectivity index (χ0n) is 10.3. The molecule has 0 aliphatic heterocycles. The van der Waals surface area contributed by atoms with Crippen LogP contribution in [0.25, 0.3) is 0 Å². The van der Waals surface area contributed by atoms with Crippen LogP contribution < -0.4 is 0 Å². The molecule has 92 valence electrons. The smallest absolute Gasteiger partial charge is 0.316 e. The molecule has 0 aromatic heterocycles. The van der Waals surface area contributed by atoms with E-state index in [1.807, 2.05) is 13.8 Å². The highest BCUT2D eigenvalue weighted by Crippen LogP contribution is 2.46. The standard InChI is InChI=1S/C13H16O4/c1-13(2)5-4-9(14)7-6-8(12(16)17-3)11(15)10(7)13/h8H,4-6H2,1-3H3. The molecule has 0 saturated heterocycles. The Bertz CT molecular complexity index is 442. The SMILES string of the molecule is COC(=O)C1CC2=C(C1=O)C(C)(C)CCC2=O. The van der Waals surface area contributed by atoms with E-state index in [0.29, 0.717) is 24.0 Å². The number of hydrogen-bond donors (Lipinski definition) is 0. The average Bonchev–Trinajstić information content (AvgIpc) is 2.63. The van der Waals surface area contributed by atoms with Gasteiger partial charge in [-0.05, 0) is 18.3 Å².